The van der Waals surface area contributed by atoms with Crippen LogP contribution >= 0.6 is 0 Å². The third kappa shape index (κ3) is 1.34. The number of ketones is 2. The van der Waals surface area contributed by atoms with E-state index in [0.717, 1.165) is 19.2 Å². The molecule has 0 aromatic heterocycles. The first-order valence-electron chi connectivity index (χ1n) is 4.60. The number of benzene rings is 1. The molecule has 6 nitrogen and oxygen atoms in total. The van der Waals surface area contributed by atoms with Crippen LogP contribution < -0.4 is 0 Å². The largest absolute Gasteiger partial charge is 0.507 e. The van der Waals surface area contributed by atoms with Gasteiger partial charge in [-0.3, -0.25) is 9.59 Å². The summed E-state index contributed by atoms with van der Waals surface area (Å²) in [6.45, 7) is 0. The Morgan fingerprint density at radius 1 is 0.941 bits per heavy atom. The highest BCUT2D eigenvalue weighted by molar-refractivity contribution is 6.27. The fourth-order valence-electron chi connectivity index (χ4n) is 1.67. The van der Waals surface area contributed by atoms with Crippen LogP contribution in [0, 0.1) is 0 Å². The van der Waals surface area contributed by atoms with Gasteiger partial charge in [-0.2, -0.15) is 0 Å². The second-order valence-electron chi connectivity index (χ2n) is 3.39. The minimum atomic E-state index is -0.968. The summed E-state index contributed by atoms with van der Waals surface area (Å²) in [5.41, 5.74) is -0.794. The van der Waals surface area contributed by atoms with E-state index in [1.54, 1.807) is 0 Å². The molecule has 1 aliphatic rings. The number of Topliss-reactive ketones (excluding diaryl/α,β-unsaturated/α-hetero) is 2. The van der Waals surface area contributed by atoms with Crippen molar-refractivity contribution in [2.75, 3.05) is 7.11 Å². The molecule has 0 radical (unpaired) electrons. The molecule has 0 aliphatic heterocycles. The number of hydrogen-bond donors (Lipinski definition) is 3. The summed E-state index contributed by atoms with van der Waals surface area (Å²) in [6, 6.07) is 2.14. The molecule has 0 unspecified atom stereocenters. The highest BCUT2D eigenvalue weighted by atomic mass is 16.5. The third-order valence-corrected chi connectivity index (χ3v) is 2.46. The van der Waals surface area contributed by atoms with Crippen molar-refractivity contribution < 1.29 is 29.6 Å². The topological polar surface area (TPSA) is 104 Å². The van der Waals surface area contributed by atoms with Gasteiger partial charge in [0.25, 0.3) is 0 Å². The van der Waals surface area contributed by atoms with Gasteiger partial charge in [0.2, 0.25) is 23.1 Å². The number of phenolic OH excluding ortho intramolecular Hbond substituents is 2. The second-order valence-corrected chi connectivity index (χ2v) is 3.39. The number of aliphatic hydroxyl groups excluding tert-OH is 1. The van der Waals surface area contributed by atoms with E-state index in [-0.39, 0.29) is 5.56 Å². The normalized spacial score (nSPS) is 14.9. The predicted molar refractivity (Wildman–Crippen MR) is 55.1 cm³/mol. The molecular weight excluding hydrogens is 228 g/mol. The Balaban J connectivity index is 2.81. The van der Waals surface area contributed by atoms with Crippen LogP contribution in [0.2, 0.25) is 0 Å². The lowest BCUT2D eigenvalue weighted by Crippen LogP contribution is -2.23. The lowest BCUT2D eigenvalue weighted by atomic mass is 9.90. The molecule has 0 amide bonds. The van der Waals surface area contributed by atoms with E-state index in [9.17, 15) is 24.9 Å². The summed E-state index contributed by atoms with van der Waals surface area (Å²) in [4.78, 5) is 23.5. The predicted octanol–water partition coefficient (Wildman–Crippen LogP) is 0.893. The van der Waals surface area contributed by atoms with Gasteiger partial charge in [-0.1, -0.05) is 0 Å². The lowest BCUT2D eigenvalue weighted by molar-refractivity contribution is 0.0850. The van der Waals surface area contributed by atoms with Crippen molar-refractivity contribution >= 4 is 11.6 Å². The number of hydrogen-bond acceptors (Lipinski definition) is 6. The molecule has 0 saturated carbocycles. The molecule has 1 aromatic rings. The highest BCUT2D eigenvalue weighted by Crippen LogP contribution is 2.36. The van der Waals surface area contributed by atoms with Gasteiger partial charge >= 0.3 is 0 Å². The Labute approximate surface area is 95.4 Å². The van der Waals surface area contributed by atoms with Gasteiger partial charge < -0.3 is 20.1 Å². The zero-order chi connectivity index (χ0) is 12.7. The standard InChI is InChI=1S/C11H8O6/c1-17-11-9(15)7-5(13)3-2-4(12)6(7)8(14)10(11)16/h2-3,12-13,16H,1H3. The van der Waals surface area contributed by atoms with Crippen molar-refractivity contribution in [2.24, 2.45) is 0 Å². The van der Waals surface area contributed by atoms with E-state index in [1.807, 2.05) is 0 Å². The Kier molecular flexibility index (Phi) is 2.27. The summed E-state index contributed by atoms with van der Waals surface area (Å²) in [5, 5.41) is 28.5. The molecule has 2 rings (SSSR count). The van der Waals surface area contributed by atoms with Crippen LogP contribution in [-0.4, -0.2) is 34.0 Å². The molecule has 88 valence electrons. The average Bonchev–Trinajstić information content (AvgIpc) is 2.30. The number of allylic oxidation sites excluding steroid dienone is 2. The van der Waals surface area contributed by atoms with Gasteiger partial charge in [-0.25, -0.2) is 0 Å². The minimum Gasteiger partial charge on any atom is -0.507 e. The second kappa shape index (κ2) is 3.51. The first-order valence-corrected chi connectivity index (χ1v) is 4.60. The molecule has 3 N–H and O–H groups in total. The van der Waals surface area contributed by atoms with Gasteiger partial charge in [-0.15, -0.1) is 0 Å². The van der Waals surface area contributed by atoms with Gasteiger partial charge in [-0.05, 0) is 12.1 Å². The van der Waals surface area contributed by atoms with Gasteiger partial charge in [0.05, 0.1) is 18.2 Å². The van der Waals surface area contributed by atoms with Crippen molar-refractivity contribution in [1.82, 2.24) is 0 Å². The molecule has 0 fully saturated rings. The summed E-state index contributed by atoms with van der Waals surface area (Å²) in [7, 11) is 1.11. The number of ether oxygens (including phenoxy) is 1. The van der Waals surface area contributed by atoms with E-state index in [2.05, 4.69) is 4.74 Å². The number of rotatable bonds is 1. The fourth-order valence-corrected chi connectivity index (χ4v) is 1.67. The maximum Gasteiger partial charge on any atom is 0.236 e. The van der Waals surface area contributed by atoms with E-state index in [0.29, 0.717) is 0 Å². The monoisotopic (exact) mass is 236 g/mol. The molecule has 0 heterocycles. The zero-order valence-electron chi connectivity index (χ0n) is 8.72. The van der Waals surface area contributed by atoms with Gasteiger partial charge in [0.1, 0.15) is 11.5 Å². The molecule has 1 aromatic carbocycles. The molecule has 0 bridgehead atoms. The number of carbonyl (C=O) groups is 2. The number of aliphatic hydroxyl groups is 1. The number of aromatic hydroxyl groups is 2. The Bertz CT molecular complexity index is 570. The summed E-state index contributed by atoms with van der Waals surface area (Å²) in [6.07, 6.45) is 0. The highest BCUT2D eigenvalue weighted by Gasteiger charge is 2.37. The van der Waals surface area contributed by atoms with E-state index >= 15 is 0 Å². The van der Waals surface area contributed by atoms with Crippen molar-refractivity contribution in [2.45, 2.75) is 0 Å². The summed E-state index contributed by atoms with van der Waals surface area (Å²) >= 11 is 0. The van der Waals surface area contributed by atoms with Crippen LogP contribution in [0.25, 0.3) is 0 Å². The van der Waals surface area contributed by atoms with Crippen LogP contribution in [0.15, 0.2) is 23.7 Å². The molecule has 1 aliphatic carbocycles. The molecule has 6 heteroatoms. The van der Waals surface area contributed by atoms with E-state index < -0.39 is 40.1 Å². The van der Waals surface area contributed by atoms with Crippen LogP contribution in [0.4, 0.5) is 0 Å². The average molecular weight is 236 g/mol. The summed E-state index contributed by atoms with van der Waals surface area (Å²) in [5.74, 6) is -4.21. The Hall–Kier alpha value is -2.50. The Morgan fingerprint density at radius 3 is 1.88 bits per heavy atom. The van der Waals surface area contributed by atoms with E-state index in [1.165, 1.54) is 0 Å². The molecule has 0 saturated heterocycles. The number of carbonyl (C=O) groups excluding carboxylic acids is 2. The smallest absolute Gasteiger partial charge is 0.236 e. The Morgan fingerprint density at radius 2 is 1.41 bits per heavy atom. The van der Waals surface area contributed by atoms with Crippen molar-refractivity contribution in [3.63, 3.8) is 0 Å². The van der Waals surface area contributed by atoms with Gasteiger partial charge in [0.15, 0.2) is 0 Å². The SMILES string of the molecule is COC1=C(O)C(=O)c2c(O)ccc(O)c2C1=O. The zero-order valence-corrected chi connectivity index (χ0v) is 8.72. The summed E-state index contributed by atoms with van der Waals surface area (Å²) < 4.78 is 4.60. The van der Waals surface area contributed by atoms with Gasteiger partial charge in [0, 0.05) is 0 Å². The maximum absolute atomic E-state index is 11.8. The number of fused-ring (bicyclic) bond motifs is 1. The lowest BCUT2D eigenvalue weighted by Gasteiger charge is -2.17. The van der Waals surface area contributed by atoms with Crippen molar-refractivity contribution in [1.29, 1.82) is 0 Å². The van der Waals surface area contributed by atoms with Crippen LogP contribution in [0.3, 0.4) is 0 Å². The number of methoxy groups -OCH3 is 1. The molecule has 0 atom stereocenters. The first kappa shape index (κ1) is 11.0. The minimum absolute atomic E-state index is 0.371. The van der Waals surface area contributed by atoms with Crippen molar-refractivity contribution in [3.8, 4) is 11.5 Å². The quantitative estimate of drug-likeness (QED) is 0.625. The first-order chi connectivity index (χ1) is 7.99. The van der Waals surface area contributed by atoms with E-state index in [4.69, 9.17) is 0 Å². The molecule has 0 spiro atoms. The van der Waals surface area contributed by atoms with Crippen molar-refractivity contribution in [3.05, 3.63) is 34.8 Å². The number of phenols is 2. The van der Waals surface area contributed by atoms with Crippen LogP contribution in [0.5, 0.6) is 11.5 Å². The van der Waals surface area contributed by atoms with Crippen LogP contribution in [-0.2, 0) is 4.74 Å². The third-order valence-electron chi connectivity index (χ3n) is 2.46. The fraction of sp³-hybridized carbons (Fsp3) is 0.0909. The maximum atomic E-state index is 11.8. The molecule has 17 heavy (non-hydrogen) atoms. The van der Waals surface area contributed by atoms with Crippen LogP contribution in [0.1, 0.15) is 20.7 Å². The molecular formula is C11H8O6.